The van der Waals surface area contributed by atoms with E-state index in [0.29, 0.717) is 6.04 Å². The van der Waals surface area contributed by atoms with Gasteiger partial charge in [-0.05, 0) is 31.2 Å². The molecule has 1 aromatic heterocycles. The van der Waals surface area contributed by atoms with Crippen LogP contribution in [0.15, 0.2) is 36.8 Å². The predicted molar refractivity (Wildman–Crippen MR) is 72.1 cm³/mol. The fraction of sp³-hybridized carbons (Fsp3) is 0.400. The number of hydrogen-bond acceptors (Lipinski definition) is 2. The number of imidazole rings is 1. The van der Waals surface area contributed by atoms with Gasteiger partial charge in [-0.25, -0.2) is 4.98 Å². The van der Waals surface area contributed by atoms with Crippen LogP contribution in [0.4, 0.5) is 0 Å². The fourth-order valence-electron chi connectivity index (χ4n) is 2.36. The van der Waals surface area contributed by atoms with Crippen LogP contribution in [-0.2, 0) is 6.54 Å². The van der Waals surface area contributed by atoms with Crippen molar-refractivity contribution in [2.75, 3.05) is 0 Å². The standard InChI is InChI=1S/C15H19N3/c1-11-2-4-12(5-3-11)15(13-6-7-13)17-9-14-8-16-10-18-14/h2-5,8,10,13,15,17H,6-7,9H2,1H3,(H,16,18). The number of aromatic amines is 1. The number of aryl methyl sites for hydroxylation is 1. The molecule has 94 valence electrons. The first kappa shape index (κ1) is 11.5. The van der Waals surface area contributed by atoms with Crippen molar-refractivity contribution in [3.8, 4) is 0 Å². The molecule has 1 aromatic carbocycles. The van der Waals surface area contributed by atoms with Crippen LogP contribution < -0.4 is 5.32 Å². The molecule has 2 aromatic rings. The van der Waals surface area contributed by atoms with Crippen LogP contribution in [0.5, 0.6) is 0 Å². The largest absolute Gasteiger partial charge is 0.347 e. The summed E-state index contributed by atoms with van der Waals surface area (Å²) < 4.78 is 0. The Morgan fingerprint density at radius 2 is 2.11 bits per heavy atom. The Kier molecular flexibility index (Phi) is 3.15. The maximum atomic E-state index is 4.05. The minimum Gasteiger partial charge on any atom is -0.347 e. The number of rotatable bonds is 5. The van der Waals surface area contributed by atoms with Crippen molar-refractivity contribution < 1.29 is 0 Å². The van der Waals surface area contributed by atoms with Gasteiger partial charge in [0.2, 0.25) is 0 Å². The van der Waals surface area contributed by atoms with E-state index in [4.69, 9.17) is 0 Å². The number of nitrogens with zero attached hydrogens (tertiary/aromatic N) is 1. The summed E-state index contributed by atoms with van der Waals surface area (Å²) in [6.07, 6.45) is 6.30. The van der Waals surface area contributed by atoms with E-state index in [-0.39, 0.29) is 0 Å². The summed E-state index contributed by atoms with van der Waals surface area (Å²) in [7, 11) is 0. The maximum absolute atomic E-state index is 4.05. The zero-order valence-electron chi connectivity index (χ0n) is 10.7. The summed E-state index contributed by atoms with van der Waals surface area (Å²) >= 11 is 0. The Hall–Kier alpha value is -1.61. The van der Waals surface area contributed by atoms with Gasteiger partial charge >= 0.3 is 0 Å². The van der Waals surface area contributed by atoms with Gasteiger partial charge in [0.05, 0.1) is 6.33 Å². The van der Waals surface area contributed by atoms with Crippen molar-refractivity contribution in [2.45, 2.75) is 32.4 Å². The zero-order chi connectivity index (χ0) is 12.4. The van der Waals surface area contributed by atoms with Crippen molar-refractivity contribution >= 4 is 0 Å². The molecule has 3 nitrogen and oxygen atoms in total. The smallest absolute Gasteiger partial charge is 0.0922 e. The topological polar surface area (TPSA) is 40.7 Å². The molecule has 0 amide bonds. The van der Waals surface area contributed by atoms with E-state index in [0.717, 1.165) is 18.2 Å². The highest BCUT2D eigenvalue weighted by atomic mass is 15.0. The lowest BCUT2D eigenvalue weighted by molar-refractivity contribution is 0.477. The van der Waals surface area contributed by atoms with E-state index in [1.54, 1.807) is 6.33 Å². The van der Waals surface area contributed by atoms with Crippen LogP contribution in [0.3, 0.4) is 0 Å². The number of H-pyrrole nitrogens is 1. The fourth-order valence-corrected chi connectivity index (χ4v) is 2.36. The minimum absolute atomic E-state index is 0.480. The van der Waals surface area contributed by atoms with Gasteiger partial charge in [0, 0.05) is 24.5 Å². The summed E-state index contributed by atoms with van der Waals surface area (Å²) in [5.74, 6) is 0.802. The molecule has 1 unspecified atom stereocenters. The van der Waals surface area contributed by atoms with E-state index in [2.05, 4.69) is 46.5 Å². The molecule has 3 rings (SSSR count). The van der Waals surface area contributed by atoms with Gasteiger partial charge in [-0.15, -0.1) is 0 Å². The van der Waals surface area contributed by atoms with Gasteiger partial charge in [-0.1, -0.05) is 29.8 Å². The van der Waals surface area contributed by atoms with Gasteiger partial charge in [-0.3, -0.25) is 0 Å². The SMILES string of the molecule is Cc1ccc(C(NCc2cnc[nH]2)C2CC2)cc1. The van der Waals surface area contributed by atoms with Crippen LogP contribution in [-0.4, -0.2) is 9.97 Å². The molecule has 1 heterocycles. The van der Waals surface area contributed by atoms with E-state index in [1.807, 2.05) is 6.20 Å². The quantitative estimate of drug-likeness (QED) is 0.845. The van der Waals surface area contributed by atoms with Crippen molar-refractivity contribution in [1.82, 2.24) is 15.3 Å². The molecule has 0 spiro atoms. The zero-order valence-corrected chi connectivity index (χ0v) is 10.7. The molecule has 0 radical (unpaired) electrons. The number of aromatic nitrogens is 2. The van der Waals surface area contributed by atoms with Crippen LogP contribution >= 0.6 is 0 Å². The lowest BCUT2D eigenvalue weighted by Gasteiger charge is -2.18. The molecule has 18 heavy (non-hydrogen) atoms. The molecule has 1 saturated carbocycles. The molecule has 1 fully saturated rings. The molecule has 1 aliphatic rings. The van der Waals surface area contributed by atoms with Gasteiger partial charge < -0.3 is 10.3 Å². The Labute approximate surface area is 108 Å². The first-order chi connectivity index (χ1) is 8.83. The number of benzene rings is 1. The summed E-state index contributed by atoms with van der Waals surface area (Å²) in [6, 6.07) is 9.37. The van der Waals surface area contributed by atoms with Gasteiger partial charge in [0.1, 0.15) is 0 Å². The van der Waals surface area contributed by atoms with E-state index in [9.17, 15) is 0 Å². The first-order valence-corrected chi connectivity index (χ1v) is 6.60. The number of hydrogen-bond donors (Lipinski definition) is 2. The van der Waals surface area contributed by atoms with E-state index >= 15 is 0 Å². The van der Waals surface area contributed by atoms with Crippen molar-refractivity contribution in [3.63, 3.8) is 0 Å². The molecule has 2 N–H and O–H groups in total. The van der Waals surface area contributed by atoms with Crippen LogP contribution in [0.2, 0.25) is 0 Å². The molecular weight excluding hydrogens is 222 g/mol. The second-order valence-corrected chi connectivity index (χ2v) is 5.18. The van der Waals surface area contributed by atoms with Gasteiger partial charge in [0.15, 0.2) is 0 Å². The number of nitrogens with one attached hydrogen (secondary N) is 2. The van der Waals surface area contributed by atoms with Crippen LogP contribution in [0.25, 0.3) is 0 Å². The van der Waals surface area contributed by atoms with Crippen molar-refractivity contribution in [1.29, 1.82) is 0 Å². The highest BCUT2D eigenvalue weighted by Crippen LogP contribution is 2.41. The maximum Gasteiger partial charge on any atom is 0.0922 e. The third-order valence-electron chi connectivity index (χ3n) is 3.60. The third-order valence-corrected chi connectivity index (χ3v) is 3.60. The summed E-state index contributed by atoms with van der Waals surface area (Å²) in [5, 5.41) is 3.65. The van der Waals surface area contributed by atoms with E-state index < -0.39 is 0 Å². The van der Waals surface area contributed by atoms with Crippen molar-refractivity contribution in [3.05, 3.63) is 53.6 Å². The second kappa shape index (κ2) is 4.94. The highest BCUT2D eigenvalue weighted by Gasteiger charge is 2.31. The predicted octanol–water partition coefficient (Wildman–Crippen LogP) is 2.96. The average molecular weight is 241 g/mol. The molecule has 0 bridgehead atoms. The lowest BCUT2D eigenvalue weighted by Crippen LogP contribution is -2.22. The molecule has 0 aliphatic heterocycles. The summed E-state index contributed by atoms with van der Waals surface area (Å²) in [6.45, 7) is 2.99. The lowest BCUT2D eigenvalue weighted by atomic mass is 10.0. The van der Waals surface area contributed by atoms with Crippen molar-refractivity contribution in [2.24, 2.45) is 5.92 Å². The summed E-state index contributed by atoms with van der Waals surface area (Å²) in [5.41, 5.74) is 3.87. The Balaban J connectivity index is 1.70. The molecule has 3 heteroatoms. The van der Waals surface area contributed by atoms with Gasteiger partial charge in [-0.2, -0.15) is 0 Å². The normalized spacial score (nSPS) is 16.7. The third kappa shape index (κ3) is 2.62. The van der Waals surface area contributed by atoms with Crippen LogP contribution in [0.1, 0.15) is 35.7 Å². The molecule has 1 aliphatic carbocycles. The Morgan fingerprint density at radius 1 is 1.33 bits per heavy atom. The molecule has 1 atom stereocenters. The first-order valence-electron chi connectivity index (χ1n) is 6.60. The second-order valence-electron chi connectivity index (χ2n) is 5.18. The highest BCUT2D eigenvalue weighted by molar-refractivity contribution is 5.25. The average Bonchev–Trinajstić information content (AvgIpc) is 3.08. The Morgan fingerprint density at radius 3 is 2.72 bits per heavy atom. The summed E-state index contributed by atoms with van der Waals surface area (Å²) in [4.78, 5) is 7.19. The van der Waals surface area contributed by atoms with Gasteiger partial charge in [0.25, 0.3) is 0 Å². The van der Waals surface area contributed by atoms with Crippen LogP contribution in [0, 0.1) is 12.8 Å². The monoisotopic (exact) mass is 241 g/mol. The molecule has 0 saturated heterocycles. The molecular formula is C15H19N3. The van der Waals surface area contributed by atoms with E-state index in [1.165, 1.54) is 24.0 Å². The Bertz CT molecular complexity index is 483. The minimum atomic E-state index is 0.480.